The smallest absolute Gasteiger partial charge is 0.427 e. The van der Waals surface area contributed by atoms with Crippen molar-refractivity contribution in [1.82, 2.24) is 0 Å². The van der Waals surface area contributed by atoms with E-state index in [9.17, 15) is 4.39 Å². The van der Waals surface area contributed by atoms with Gasteiger partial charge in [0.05, 0.1) is 0 Å². The van der Waals surface area contributed by atoms with E-state index in [2.05, 4.69) is 0 Å². The Morgan fingerprint density at radius 1 is 1.23 bits per heavy atom. The van der Waals surface area contributed by atoms with E-state index in [0.717, 1.165) is 0 Å². The fraction of sp³-hybridized carbons (Fsp3) is 0.333. The second-order valence-corrected chi connectivity index (χ2v) is 2.96. The molecule has 2 nitrogen and oxygen atoms in total. The van der Waals surface area contributed by atoms with E-state index in [1.165, 1.54) is 6.07 Å². The summed E-state index contributed by atoms with van der Waals surface area (Å²) in [7, 11) is -1.29. The summed E-state index contributed by atoms with van der Waals surface area (Å²) in [6, 6.07) is 6.53. The largest absolute Gasteiger partial charge is 0.451 e. The van der Waals surface area contributed by atoms with Crippen molar-refractivity contribution in [2.45, 2.75) is 19.2 Å². The predicted octanol–water partition coefficient (Wildman–Crippen LogP) is 1.23. The first-order valence-corrected chi connectivity index (χ1v) is 4.29. The van der Waals surface area contributed by atoms with Crippen LogP contribution in [0.25, 0.3) is 0 Å². The highest BCUT2D eigenvalue weighted by molar-refractivity contribution is 6.40. The SMILES string of the molecule is OB(O)CCCc1ccccc1F. The van der Waals surface area contributed by atoms with Crippen molar-refractivity contribution in [3.05, 3.63) is 35.6 Å². The van der Waals surface area contributed by atoms with E-state index in [0.29, 0.717) is 18.4 Å². The standard InChI is InChI=1S/C9H12BFO2/c11-9-6-2-1-4-8(9)5-3-7-10(12)13/h1-2,4,6,12-13H,3,5,7H2. The maximum atomic E-state index is 13.0. The quantitative estimate of drug-likeness (QED) is 0.687. The average Bonchev–Trinajstić information content (AvgIpc) is 2.08. The van der Waals surface area contributed by atoms with Gasteiger partial charge in [-0.3, -0.25) is 0 Å². The molecule has 0 spiro atoms. The van der Waals surface area contributed by atoms with Gasteiger partial charge in [0.1, 0.15) is 5.82 Å². The lowest BCUT2D eigenvalue weighted by Crippen LogP contribution is -2.10. The van der Waals surface area contributed by atoms with Gasteiger partial charge in [0, 0.05) is 0 Å². The molecule has 0 saturated heterocycles. The Labute approximate surface area is 77.2 Å². The van der Waals surface area contributed by atoms with E-state index in [1.54, 1.807) is 18.2 Å². The average molecular weight is 182 g/mol. The van der Waals surface area contributed by atoms with Crippen LogP contribution in [0.3, 0.4) is 0 Å². The number of halogens is 1. The molecule has 0 aliphatic rings. The molecule has 0 radical (unpaired) electrons. The Morgan fingerprint density at radius 3 is 2.54 bits per heavy atom. The summed E-state index contributed by atoms with van der Waals surface area (Å²) >= 11 is 0. The summed E-state index contributed by atoms with van der Waals surface area (Å²) in [4.78, 5) is 0. The minimum absolute atomic E-state index is 0.227. The lowest BCUT2D eigenvalue weighted by Gasteiger charge is -2.01. The normalized spacial score (nSPS) is 10.1. The molecular formula is C9H12BFO2. The molecule has 0 heterocycles. The molecule has 2 N–H and O–H groups in total. The van der Waals surface area contributed by atoms with Gasteiger partial charge < -0.3 is 10.0 Å². The van der Waals surface area contributed by atoms with E-state index in [-0.39, 0.29) is 12.1 Å². The fourth-order valence-electron chi connectivity index (χ4n) is 1.18. The summed E-state index contributed by atoms with van der Waals surface area (Å²) in [6.07, 6.45) is 1.41. The molecule has 0 unspecified atom stereocenters. The molecule has 0 fully saturated rings. The van der Waals surface area contributed by atoms with Crippen molar-refractivity contribution < 1.29 is 14.4 Å². The minimum atomic E-state index is -1.29. The third-order valence-electron chi connectivity index (χ3n) is 1.87. The first kappa shape index (κ1) is 10.2. The molecule has 0 aliphatic heterocycles. The maximum absolute atomic E-state index is 13.0. The minimum Gasteiger partial charge on any atom is -0.427 e. The molecule has 0 amide bonds. The van der Waals surface area contributed by atoms with Gasteiger partial charge in [0.15, 0.2) is 0 Å². The zero-order valence-corrected chi connectivity index (χ0v) is 7.28. The topological polar surface area (TPSA) is 40.5 Å². The molecule has 0 aromatic heterocycles. The molecule has 0 saturated carbocycles. The van der Waals surface area contributed by atoms with E-state index in [1.807, 2.05) is 0 Å². The predicted molar refractivity (Wildman–Crippen MR) is 49.7 cm³/mol. The van der Waals surface area contributed by atoms with Crippen LogP contribution >= 0.6 is 0 Å². The summed E-state index contributed by atoms with van der Waals surface area (Å²) in [5.41, 5.74) is 0.628. The molecule has 13 heavy (non-hydrogen) atoms. The molecule has 0 atom stereocenters. The fourth-order valence-corrected chi connectivity index (χ4v) is 1.18. The Morgan fingerprint density at radius 2 is 1.92 bits per heavy atom. The monoisotopic (exact) mass is 182 g/mol. The van der Waals surface area contributed by atoms with Crippen molar-refractivity contribution in [2.24, 2.45) is 0 Å². The first-order chi connectivity index (χ1) is 6.20. The zero-order valence-electron chi connectivity index (χ0n) is 7.28. The van der Waals surface area contributed by atoms with Gasteiger partial charge in [0.25, 0.3) is 0 Å². The van der Waals surface area contributed by atoms with Crippen LogP contribution in [0.4, 0.5) is 4.39 Å². The van der Waals surface area contributed by atoms with Crippen molar-refractivity contribution in [3.8, 4) is 0 Å². The third-order valence-corrected chi connectivity index (χ3v) is 1.87. The molecule has 1 aromatic carbocycles. The molecule has 1 aromatic rings. The number of aryl methyl sites for hydroxylation is 1. The summed E-state index contributed by atoms with van der Waals surface area (Å²) in [6.45, 7) is 0. The lowest BCUT2D eigenvalue weighted by atomic mass is 9.83. The highest BCUT2D eigenvalue weighted by Crippen LogP contribution is 2.10. The van der Waals surface area contributed by atoms with Crippen LogP contribution < -0.4 is 0 Å². The lowest BCUT2D eigenvalue weighted by molar-refractivity contribution is 0.403. The van der Waals surface area contributed by atoms with Crippen molar-refractivity contribution >= 4 is 7.12 Å². The molecule has 70 valence electrons. The number of hydrogen-bond donors (Lipinski definition) is 2. The van der Waals surface area contributed by atoms with Crippen LogP contribution in [-0.2, 0) is 6.42 Å². The van der Waals surface area contributed by atoms with E-state index < -0.39 is 7.12 Å². The van der Waals surface area contributed by atoms with E-state index >= 15 is 0 Å². The van der Waals surface area contributed by atoms with Gasteiger partial charge in [-0.1, -0.05) is 24.6 Å². The van der Waals surface area contributed by atoms with Gasteiger partial charge >= 0.3 is 7.12 Å². The van der Waals surface area contributed by atoms with Crippen LogP contribution in [0.15, 0.2) is 24.3 Å². The molecule has 0 aliphatic carbocycles. The van der Waals surface area contributed by atoms with Crippen LogP contribution in [-0.4, -0.2) is 17.2 Å². The zero-order chi connectivity index (χ0) is 9.68. The Hall–Kier alpha value is -0.865. The van der Waals surface area contributed by atoms with Crippen LogP contribution in [0.5, 0.6) is 0 Å². The van der Waals surface area contributed by atoms with Crippen LogP contribution in [0.2, 0.25) is 6.32 Å². The van der Waals surface area contributed by atoms with Gasteiger partial charge in [-0.2, -0.15) is 0 Å². The Bertz CT molecular complexity index is 266. The third kappa shape index (κ3) is 3.57. The summed E-state index contributed by atoms with van der Waals surface area (Å²) < 4.78 is 13.0. The Kier molecular flexibility index (Phi) is 3.92. The van der Waals surface area contributed by atoms with Gasteiger partial charge in [0.2, 0.25) is 0 Å². The van der Waals surface area contributed by atoms with Gasteiger partial charge in [-0.25, -0.2) is 4.39 Å². The Balaban J connectivity index is 2.41. The molecular weight excluding hydrogens is 170 g/mol. The van der Waals surface area contributed by atoms with Crippen LogP contribution in [0, 0.1) is 5.82 Å². The highest BCUT2D eigenvalue weighted by Gasteiger charge is 2.06. The number of hydrogen-bond acceptors (Lipinski definition) is 2. The van der Waals surface area contributed by atoms with Crippen LogP contribution in [0.1, 0.15) is 12.0 Å². The van der Waals surface area contributed by atoms with Gasteiger partial charge in [-0.15, -0.1) is 0 Å². The molecule has 4 heteroatoms. The van der Waals surface area contributed by atoms with Gasteiger partial charge in [-0.05, 0) is 24.4 Å². The highest BCUT2D eigenvalue weighted by atomic mass is 19.1. The molecule has 1 rings (SSSR count). The maximum Gasteiger partial charge on any atom is 0.451 e. The van der Waals surface area contributed by atoms with Crippen molar-refractivity contribution in [3.63, 3.8) is 0 Å². The van der Waals surface area contributed by atoms with E-state index in [4.69, 9.17) is 10.0 Å². The first-order valence-electron chi connectivity index (χ1n) is 4.29. The van der Waals surface area contributed by atoms with Crippen molar-refractivity contribution in [2.75, 3.05) is 0 Å². The molecule has 0 bridgehead atoms. The number of benzene rings is 1. The summed E-state index contributed by atoms with van der Waals surface area (Å²) in [5.74, 6) is -0.227. The summed E-state index contributed by atoms with van der Waals surface area (Å²) in [5, 5.41) is 17.1. The number of rotatable bonds is 4. The van der Waals surface area contributed by atoms with Crippen molar-refractivity contribution in [1.29, 1.82) is 0 Å². The second kappa shape index (κ2) is 4.99. The second-order valence-electron chi connectivity index (χ2n) is 2.96.